The largest absolute Gasteiger partial charge is 0.423 e. The van der Waals surface area contributed by atoms with Crippen molar-refractivity contribution in [3.63, 3.8) is 0 Å². The fourth-order valence-electron chi connectivity index (χ4n) is 2.69. The van der Waals surface area contributed by atoms with Crippen LogP contribution >= 0.6 is 0 Å². The smallest absolute Gasteiger partial charge is 0.383 e. The third-order valence-corrected chi connectivity index (χ3v) is 4.26. The fourth-order valence-corrected chi connectivity index (χ4v) is 2.69. The zero-order valence-electron chi connectivity index (χ0n) is 13.6. The molecule has 9 heteroatoms. The van der Waals surface area contributed by atoms with Gasteiger partial charge in [-0.05, 0) is 26.1 Å². The van der Waals surface area contributed by atoms with Crippen molar-refractivity contribution < 1.29 is 18.1 Å². The maximum absolute atomic E-state index is 13.0. The zero-order valence-corrected chi connectivity index (χ0v) is 13.6. The van der Waals surface area contributed by atoms with E-state index in [1.54, 1.807) is 0 Å². The molecular weight excluding hydrogens is 325 g/mol. The average molecular weight is 346 g/mol. The lowest BCUT2D eigenvalue weighted by molar-refractivity contribution is -0.388. The van der Waals surface area contributed by atoms with Gasteiger partial charge in [-0.2, -0.15) is 13.2 Å². The molecule has 24 heavy (non-hydrogen) atoms. The second-order valence-electron chi connectivity index (χ2n) is 6.06. The highest BCUT2D eigenvalue weighted by molar-refractivity contribution is 5.55. The fraction of sp³-hybridized carbons (Fsp3) is 0.600. The number of nitrogens with one attached hydrogen (secondary N) is 1. The van der Waals surface area contributed by atoms with Crippen LogP contribution in [0.1, 0.15) is 12.5 Å². The molecule has 1 saturated heterocycles. The van der Waals surface area contributed by atoms with Crippen LogP contribution < -0.4 is 5.32 Å². The molecule has 1 aromatic carbocycles. The van der Waals surface area contributed by atoms with E-state index in [2.05, 4.69) is 22.2 Å². The van der Waals surface area contributed by atoms with Gasteiger partial charge in [0.05, 0.1) is 4.92 Å². The first kappa shape index (κ1) is 18.5. The van der Waals surface area contributed by atoms with Crippen molar-refractivity contribution in [3.8, 4) is 0 Å². The maximum Gasteiger partial charge on any atom is 0.423 e. The van der Waals surface area contributed by atoms with Crippen molar-refractivity contribution in [1.82, 2.24) is 9.80 Å². The van der Waals surface area contributed by atoms with Crippen molar-refractivity contribution in [1.29, 1.82) is 0 Å². The van der Waals surface area contributed by atoms with E-state index < -0.39 is 22.4 Å². The molecule has 2 rings (SSSR count). The molecule has 0 aromatic heterocycles. The highest BCUT2D eigenvalue weighted by Crippen LogP contribution is 2.37. The lowest BCUT2D eigenvalue weighted by atomic mass is 10.1. The van der Waals surface area contributed by atoms with Gasteiger partial charge in [-0.25, -0.2) is 0 Å². The molecular formula is C15H21F3N4O2. The van der Waals surface area contributed by atoms with E-state index in [1.165, 1.54) is 6.07 Å². The molecule has 1 aromatic rings. The average Bonchev–Trinajstić information content (AvgIpc) is 2.52. The molecule has 0 saturated carbocycles. The van der Waals surface area contributed by atoms with E-state index in [1.807, 2.05) is 6.92 Å². The quantitative estimate of drug-likeness (QED) is 0.656. The molecule has 0 unspecified atom stereocenters. The molecule has 6 nitrogen and oxygen atoms in total. The van der Waals surface area contributed by atoms with Crippen molar-refractivity contribution in [2.45, 2.75) is 19.1 Å². The second kappa shape index (κ2) is 7.35. The molecule has 1 fully saturated rings. The number of nitro benzene ring substituents is 1. The van der Waals surface area contributed by atoms with E-state index >= 15 is 0 Å². The first-order valence-corrected chi connectivity index (χ1v) is 7.70. The van der Waals surface area contributed by atoms with Crippen molar-refractivity contribution in [2.75, 3.05) is 45.1 Å². The summed E-state index contributed by atoms with van der Waals surface area (Å²) < 4.78 is 38.9. The van der Waals surface area contributed by atoms with Gasteiger partial charge in [-0.1, -0.05) is 0 Å². The number of anilines is 1. The maximum atomic E-state index is 13.0. The Morgan fingerprint density at radius 1 is 1.29 bits per heavy atom. The number of alkyl halides is 3. The van der Waals surface area contributed by atoms with Crippen LogP contribution in [0.4, 0.5) is 24.5 Å². The lowest BCUT2D eigenvalue weighted by Crippen LogP contribution is -2.49. The Labute approximate surface area is 138 Å². The van der Waals surface area contributed by atoms with Gasteiger partial charge in [0.15, 0.2) is 0 Å². The molecule has 1 aliphatic heterocycles. The minimum atomic E-state index is -4.76. The van der Waals surface area contributed by atoms with Gasteiger partial charge in [-0.3, -0.25) is 15.0 Å². The SMILES string of the molecule is C[C@@H](CNc1ccc([N+](=O)[O-])c(C(F)(F)F)c1)N1CCN(C)CC1. The van der Waals surface area contributed by atoms with Gasteiger partial charge < -0.3 is 10.2 Å². The zero-order chi connectivity index (χ0) is 17.9. The summed E-state index contributed by atoms with van der Waals surface area (Å²) in [6, 6.07) is 3.16. The number of hydrogen-bond donors (Lipinski definition) is 1. The van der Waals surface area contributed by atoms with Crippen LogP contribution in [0.25, 0.3) is 0 Å². The van der Waals surface area contributed by atoms with Crippen LogP contribution in [-0.4, -0.2) is 60.5 Å². The minimum absolute atomic E-state index is 0.156. The number of halogens is 3. The van der Waals surface area contributed by atoms with Crippen LogP contribution in [0, 0.1) is 10.1 Å². The van der Waals surface area contributed by atoms with E-state index in [9.17, 15) is 23.3 Å². The Morgan fingerprint density at radius 2 is 1.92 bits per heavy atom. The summed E-state index contributed by atoms with van der Waals surface area (Å²) >= 11 is 0. The summed E-state index contributed by atoms with van der Waals surface area (Å²) in [5, 5.41) is 13.7. The molecule has 1 heterocycles. The Bertz CT molecular complexity index is 587. The Hall–Kier alpha value is -1.87. The van der Waals surface area contributed by atoms with E-state index in [0.717, 1.165) is 38.3 Å². The molecule has 1 N–H and O–H groups in total. The molecule has 0 spiro atoms. The van der Waals surface area contributed by atoms with E-state index in [4.69, 9.17) is 0 Å². The molecule has 134 valence electrons. The standard InChI is InChI=1S/C15H21F3N4O2/c1-11(21-7-5-20(2)6-8-21)10-19-12-3-4-14(22(23)24)13(9-12)15(16,17)18/h3-4,9,11,19H,5-8,10H2,1-2H3/t11-/m0/s1. The van der Waals surface area contributed by atoms with Gasteiger partial charge >= 0.3 is 6.18 Å². The second-order valence-corrected chi connectivity index (χ2v) is 6.06. The third kappa shape index (κ3) is 4.57. The summed E-state index contributed by atoms with van der Waals surface area (Å²) in [6.07, 6.45) is -4.76. The highest BCUT2D eigenvalue weighted by Gasteiger charge is 2.38. The number of hydrogen-bond acceptors (Lipinski definition) is 5. The summed E-state index contributed by atoms with van der Waals surface area (Å²) in [4.78, 5) is 14.2. The van der Waals surface area contributed by atoms with Crippen LogP contribution in [0.2, 0.25) is 0 Å². The van der Waals surface area contributed by atoms with Crippen molar-refractivity contribution >= 4 is 11.4 Å². The number of piperazine rings is 1. The number of likely N-dealkylation sites (N-methyl/N-ethyl adjacent to an activating group) is 1. The Balaban J connectivity index is 2.03. The summed E-state index contributed by atoms with van der Waals surface area (Å²) in [5.74, 6) is 0. The summed E-state index contributed by atoms with van der Waals surface area (Å²) in [6.45, 7) is 6.22. The summed E-state index contributed by atoms with van der Waals surface area (Å²) in [7, 11) is 2.05. The number of rotatable bonds is 5. The predicted molar refractivity (Wildman–Crippen MR) is 85.1 cm³/mol. The molecule has 0 amide bonds. The molecule has 0 aliphatic carbocycles. The monoisotopic (exact) mass is 346 g/mol. The molecule has 0 radical (unpaired) electrons. The number of nitrogens with zero attached hydrogens (tertiary/aromatic N) is 3. The van der Waals surface area contributed by atoms with Gasteiger partial charge in [-0.15, -0.1) is 0 Å². The lowest BCUT2D eigenvalue weighted by Gasteiger charge is -2.36. The van der Waals surface area contributed by atoms with Gasteiger partial charge in [0.1, 0.15) is 5.56 Å². The molecule has 1 atom stereocenters. The highest BCUT2D eigenvalue weighted by atomic mass is 19.4. The first-order chi connectivity index (χ1) is 11.2. The van der Waals surface area contributed by atoms with Gasteiger partial charge in [0.25, 0.3) is 5.69 Å². The van der Waals surface area contributed by atoms with Gasteiger partial charge in [0.2, 0.25) is 0 Å². The number of benzene rings is 1. The van der Waals surface area contributed by atoms with Crippen molar-refractivity contribution in [3.05, 3.63) is 33.9 Å². The van der Waals surface area contributed by atoms with Crippen LogP contribution in [0.3, 0.4) is 0 Å². The molecule has 0 bridgehead atoms. The van der Waals surface area contributed by atoms with Gasteiger partial charge in [0, 0.05) is 50.5 Å². The van der Waals surface area contributed by atoms with E-state index in [-0.39, 0.29) is 11.7 Å². The topological polar surface area (TPSA) is 61.7 Å². The normalized spacial score (nSPS) is 18.4. The van der Waals surface area contributed by atoms with Crippen molar-refractivity contribution in [2.24, 2.45) is 0 Å². The first-order valence-electron chi connectivity index (χ1n) is 7.70. The number of nitro groups is 1. The Kier molecular flexibility index (Phi) is 5.66. The van der Waals surface area contributed by atoms with E-state index in [0.29, 0.717) is 6.54 Å². The Morgan fingerprint density at radius 3 is 2.46 bits per heavy atom. The van der Waals surface area contributed by atoms with Crippen LogP contribution in [-0.2, 0) is 6.18 Å². The molecule has 1 aliphatic rings. The van der Waals surface area contributed by atoms with Crippen LogP contribution in [0.15, 0.2) is 18.2 Å². The predicted octanol–water partition coefficient (Wildman–Crippen LogP) is 2.66. The minimum Gasteiger partial charge on any atom is -0.383 e. The third-order valence-electron chi connectivity index (χ3n) is 4.26. The van der Waals surface area contributed by atoms with Crippen LogP contribution in [0.5, 0.6) is 0 Å². The summed E-state index contributed by atoms with van der Waals surface area (Å²) in [5.41, 5.74) is -1.93.